The first-order chi connectivity index (χ1) is 15.6. The van der Waals surface area contributed by atoms with Gasteiger partial charge in [0.25, 0.3) is 5.56 Å². The normalized spacial score (nSPS) is 15.4. The summed E-state index contributed by atoms with van der Waals surface area (Å²) in [6, 6.07) is 10.8. The van der Waals surface area contributed by atoms with Crippen molar-refractivity contribution in [2.45, 2.75) is 18.5 Å². The SMILES string of the molecule is O=C1C[C@@H](C(=O)Nc2ccccc2Cl)c2c(nc(Nc3cccc(C(F)(F)F)c3)[nH]c2=O)N1. The van der Waals surface area contributed by atoms with Gasteiger partial charge in [-0.15, -0.1) is 0 Å². The Hall–Kier alpha value is -3.86. The van der Waals surface area contributed by atoms with Crippen LogP contribution in [-0.2, 0) is 15.8 Å². The highest BCUT2D eigenvalue weighted by atomic mass is 35.5. The summed E-state index contributed by atoms with van der Waals surface area (Å²) in [6.45, 7) is 0. The van der Waals surface area contributed by atoms with E-state index in [4.69, 9.17) is 11.6 Å². The fourth-order valence-corrected chi connectivity index (χ4v) is 3.53. The fourth-order valence-electron chi connectivity index (χ4n) is 3.35. The number of alkyl halides is 3. The highest BCUT2D eigenvalue weighted by Gasteiger charge is 2.35. The van der Waals surface area contributed by atoms with Crippen molar-refractivity contribution >= 4 is 46.6 Å². The third-order valence-corrected chi connectivity index (χ3v) is 5.18. The van der Waals surface area contributed by atoms with E-state index in [1.165, 1.54) is 12.1 Å². The number of carbonyl (C=O) groups excluding carboxylic acids is 2. The first-order valence-corrected chi connectivity index (χ1v) is 9.93. The van der Waals surface area contributed by atoms with Crippen LogP contribution in [-0.4, -0.2) is 21.8 Å². The highest BCUT2D eigenvalue weighted by Crippen LogP contribution is 2.33. The maximum absolute atomic E-state index is 12.9. The highest BCUT2D eigenvalue weighted by molar-refractivity contribution is 6.33. The quantitative estimate of drug-likeness (QED) is 0.448. The summed E-state index contributed by atoms with van der Waals surface area (Å²) in [7, 11) is 0. The number of H-pyrrole nitrogens is 1. The zero-order chi connectivity index (χ0) is 23.8. The Labute approximate surface area is 189 Å². The first-order valence-electron chi connectivity index (χ1n) is 9.55. The number of hydrogen-bond donors (Lipinski definition) is 4. The topological polar surface area (TPSA) is 116 Å². The Morgan fingerprint density at radius 1 is 1.12 bits per heavy atom. The second kappa shape index (κ2) is 8.58. The van der Waals surface area contributed by atoms with Crippen molar-refractivity contribution < 1.29 is 22.8 Å². The zero-order valence-corrected chi connectivity index (χ0v) is 17.3. The zero-order valence-electron chi connectivity index (χ0n) is 16.6. The number of fused-ring (bicyclic) bond motifs is 1. The lowest BCUT2D eigenvalue weighted by atomic mass is 9.92. The molecular weight excluding hydrogens is 463 g/mol. The van der Waals surface area contributed by atoms with Gasteiger partial charge in [-0.25, -0.2) is 0 Å². The van der Waals surface area contributed by atoms with Crippen molar-refractivity contribution in [1.29, 1.82) is 0 Å². The molecule has 1 aliphatic rings. The Balaban J connectivity index is 1.64. The molecule has 0 fully saturated rings. The maximum Gasteiger partial charge on any atom is 0.416 e. The number of amides is 2. The molecule has 33 heavy (non-hydrogen) atoms. The minimum Gasteiger partial charge on any atom is -0.326 e. The van der Waals surface area contributed by atoms with Gasteiger partial charge >= 0.3 is 6.18 Å². The van der Waals surface area contributed by atoms with Gasteiger partial charge in [-0.1, -0.05) is 29.8 Å². The van der Waals surface area contributed by atoms with Crippen molar-refractivity contribution in [2.24, 2.45) is 0 Å². The molecule has 2 aromatic carbocycles. The number of halogens is 4. The molecule has 2 amide bonds. The Kier molecular flexibility index (Phi) is 5.81. The smallest absolute Gasteiger partial charge is 0.326 e. The van der Waals surface area contributed by atoms with Gasteiger partial charge in [0.05, 0.1) is 27.8 Å². The summed E-state index contributed by atoms with van der Waals surface area (Å²) in [6.07, 6.45) is -4.85. The number of nitrogens with zero attached hydrogens (tertiary/aromatic N) is 1. The molecule has 2 heterocycles. The van der Waals surface area contributed by atoms with Crippen LogP contribution in [0.1, 0.15) is 23.5 Å². The van der Waals surface area contributed by atoms with E-state index >= 15 is 0 Å². The maximum atomic E-state index is 12.9. The Morgan fingerprint density at radius 2 is 1.88 bits per heavy atom. The van der Waals surface area contributed by atoms with Gasteiger partial charge < -0.3 is 16.0 Å². The van der Waals surface area contributed by atoms with Gasteiger partial charge in [-0.05, 0) is 30.3 Å². The molecule has 8 nitrogen and oxygen atoms in total. The van der Waals surface area contributed by atoms with Crippen LogP contribution in [0.15, 0.2) is 53.3 Å². The summed E-state index contributed by atoms with van der Waals surface area (Å²) in [4.78, 5) is 44.3. The molecule has 1 atom stereocenters. The summed E-state index contributed by atoms with van der Waals surface area (Å²) < 4.78 is 38.8. The number of para-hydroxylation sites is 1. The number of hydrogen-bond acceptors (Lipinski definition) is 5. The summed E-state index contributed by atoms with van der Waals surface area (Å²) >= 11 is 6.05. The number of anilines is 4. The van der Waals surface area contributed by atoms with E-state index in [9.17, 15) is 27.6 Å². The summed E-state index contributed by atoms with van der Waals surface area (Å²) in [5, 5.41) is 7.87. The average molecular weight is 478 g/mol. The molecule has 0 saturated heterocycles. The fraction of sp³-hybridized carbons (Fsp3) is 0.143. The molecule has 4 N–H and O–H groups in total. The van der Waals surface area contributed by atoms with E-state index in [0.29, 0.717) is 5.69 Å². The van der Waals surface area contributed by atoms with E-state index in [1.54, 1.807) is 24.3 Å². The monoisotopic (exact) mass is 477 g/mol. The number of benzene rings is 2. The number of carbonyl (C=O) groups is 2. The van der Waals surface area contributed by atoms with Gasteiger partial charge in [0.2, 0.25) is 17.8 Å². The third kappa shape index (κ3) is 4.82. The first kappa shape index (κ1) is 22.3. The number of nitrogens with one attached hydrogen (secondary N) is 4. The molecule has 170 valence electrons. The molecule has 0 aliphatic carbocycles. The van der Waals surface area contributed by atoms with Crippen molar-refractivity contribution in [1.82, 2.24) is 9.97 Å². The predicted octanol–water partition coefficient (Wildman–Crippen LogP) is 4.25. The van der Waals surface area contributed by atoms with Crippen molar-refractivity contribution in [3.63, 3.8) is 0 Å². The molecule has 1 aromatic heterocycles. The Morgan fingerprint density at radius 3 is 2.61 bits per heavy atom. The van der Waals surface area contributed by atoms with E-state index in [2.05, 4.69) is 25.9 Å². The van der Waals surface area contributed by atoms with Crippen LogP contribution in [0.3, 0.4) is 0 Å². The molecule has 1 aliphatic heterocycles. The van der Waals surface area contributed by atoms with Gasteiger partial charge in [0.15, 0.2) is 0 Å². The largest absolute Gasteiger partial charge is 0.416 e. The molecule has 4 rings (SSSR count). The van der Waals surface area contributed by atoms with Crippen LogP contribution in [0.25, 0.3) is 0 Å². The van der Waals surface area contributed by atoms with Crippen molar-refractivity contribution in [2.75, 3.05) is 16.0 Å². The second-order valence-corrected chi connectivity index (χ2v) is 7.56. The predicted molar refractivity (Wildman–Crippen MR) is 116 cm³/mol. The van der Waals surface area contributed by atoms with Gasteiger partial charge in [-0.2, -0.15) is 18.2 Å². The number of rotatable bonds is 4. The standard InChI is InChI=1S/C21H15ClF3N5O3/c22-13-6-1-2-7-14(13)27-18(32)12-9-15(31)28-17-16(12)19(33)30-20(29-17)26-11-5-3-4-10(8-11)21(23,24)25/h1-8,12H,9H2,(H,27,32)(H3,26,28,29,30,31,33)/t12-/m1/s1. The van der Waals surface area contributed by atoms with Crippen molar-refractivity contribution in [3.05, 3.63) is 75.0 Å². The average Bonchev–Trinajstić information content (AvgIpc) is 2.74. The van der Waals surface area contributed by atoms with Crippen LogP contribution < -0.4 is 21.5 Å². The van der Waals surface area contributed by atoms with Gasteiger partial charge in [-0.3, -0.25) is 19.4 Å². The molecular formula is C21H15ClF3N5O3. The molecule has 3 aromatic rings. The minimum absolute atomic E-state index is 0.0167. The minimum atomic E-state index is -4.55. The van der Waals surface area contributed by atoms with E-state index in [-0.39, 0.29) is 34.5 Å². The van der Waals surface area contributed by atoms with Gasteiger partial charge in [0, 0.05) is 12.1 Å². The van der Waals surface area contributed by atoms with Crippen molar-refractivity contribution in [3.8, 4) is 0 Å². The van der Waals surface area contributed by atoms with Crippen LogP contribution in [0.2, 0.25) is 5.02 Å². The molecule has 12 heteroatoms. The van der Waals surface area contributed by atoms with E-state index in [1.807, 2.05) is 0 Å². The summed E-state index contributed by atoms with van der Waals surface area (Å²) in [5.41, 5.74) is -1.37. The van der Waals surface area contributed by atoms with Crippen LogP contribution in [0.4, 0.5) is 36.3 Å². The lowest BCUT2D eigenvalue weighted by molar-refractivity contribution is -0.137. The second-order valence-electron chi connectivity index (χ2n) is 7.15. The molecule has 0 unspecified atom stereocenters. The molecule has 0 saturated carbocycles. The third-order valence-electron chi connectivity index (χ3n) is 4.85. The van der Waals surface area contributed by atoms with E-state index in [0.717, 1.165) is 12.1 Å². The molecule has 0 spiro atoms. The van der Waals surface area contributed by atoms with Crippen LogP contribution in [0.5, 0.6) is 0 Å². The van der Waals surface area contributed by atoms with Crippen LogP contribution in [0, 0.1) is 0 Å². The van der Waals surface area contributed by atoms with Gasteiger partial charge in [0.1, 0.15) is 5.82 Å². The summed E-state index contributed by atoms with van der Waals surface area (Å²) in [5.74, 6) is -2.70. The number of aromatic amines is 1. The number of aromatic nitrogens is 2. The molecule has 0 bridgehead atoms. The lowest BCUT2D eigenvalue weighted by Crippen LogP contribution is -2.36. The van der Waals surface area contributed by atoms with Crippen LogP contribution >= 0.6 is 11.6 Å². The molecule has 0 radical (unpaired) electrons. The lowest BCUT2D eigenvalue weighted by Gasteiger charge is -2.24. The Bertz CT molecular complexity index is 1310. The van der Waals surface area contributed by atoms with E-state index < -0.39 is 35.0 Å².